The molecule has 0 aliphatic rings. The number of hydrogen-bond donors (Lipinski definition) is 0. The minimum atomic E-state index is -2.16. The van der Waals surface area contributed by atoms with E-state index in [1.165, 1.54) is 0 Å². The highest BCUT2D eigenvalue weighted by Crippen LogP contribution is 2.20. The topological polar surface area (TPSA) is 53.3 Å². The van der Waals surface area contributed by atoms with Crippen molar-refractivity contribution in [3.05, 3.63) is 42.9 Å². The van der Waals surface area contributed by atoms with Gasteiger partial charge >= 0.3 is 0 Å². The lowest BCUT2D eigenvalue weighted by atomic mass is 10.1. The summed E-state index contributed by atoms with van der Waals surface area (Å²) in [6.07, 6.45) is 3.19. The van der Waals surface area contributed by atoms with Gasteiger partial charge in [-0.15, -0.1) is 0 Å². The summed E-state index contributed by atoms with van der Waals surface area (Å²) in [6.45, 7) is 0. The lowest BCUT2D eigenvalue weighted by Crippen LogP contribution is -1.87. The van der Waals surface area contributed by atoms with Crippen LogP contribution in [0.15, 0.2) is 52.2 Å². The third-order valence-electron chi connectivity index (χ3n) is 1.90. The van der Waals surface area contributed by atoms with Gasteiger partial charge in [-0.3, -0.25) is 4.21 Å². The molecule has 72 valence electrons. The van der Waals surface area contributed by atoms with E-state index >= 15 is 0 Å². The first-order valence-electron chi connectivity index (χ1n) is 3.99. The first-order valence-corrected chi connectivity index (χ1v) is 5.07. The molecule has 2 aromatic rings. The molecule has 0 bridgehead atoms. The number of benzene rings is 1. The molecule has 0 aliphatic carbocycles. The van der Waals surface area contributed by atoms with Crippen molar-refractivity contribution < 1.29 is 13.2 Å². The molecule has 0 aliphatic heterocycles. The molecule has 0 fully saturated rings. The van der Waals surface area contributed by atoms with E-state index in [2.05, 4.69) is 0 Å². The predicted octanol–water partition coefficient (Wildman–Crippen LogP) is 2.18. The summed E-state index contributed by atoms with van der Waals surface area (Å²) in [5.41, 5.74) is 1.88. The van der Waals surface area contributed by atoms with Crippen LogP contribution in [0.1, 0.15) is 0 Å². The van der Waals surface area contributed by atoms with Crippen LogP contribution in [0.2, 0.25) is 0 Å². The molecule has 0 amide bonds. The lowest BCUT2D eigenvalue weighted by Gasteiger charge is -2.04. The van der Waals surface area contributed by atoms with E-state index in [0.717, 1.165) is 11.1 Å². The summed E-state index contributed by atoms with van der Waals surface area (Å²) in [5, 5.41) is 0. The molecule has 0 radical (unpaired) electrons. The SMILES string of the molecule is O=S([O-])c1ccc(-c2ccoc2)cc1. The van der Waals surface area contributed by atoms with Crippen molar-refractivity contribution in [2.75, 3.05) is 0 Å². The quantitative estimate of drug-likeness (QED) is 0.709. The summed E-state index contributed by atoms with van der Waals surface area (Å²) in [5.74, 6) is 0. The summed E-state index contributed by atoms with van der Waals surface area (Å²) in [6, 6.07) is 8.44. The van der Waals surface area contributed by atoms with Gasteiger partial charge in [-0.05, 0) is 34.8 Å². The Kier molecular flexibility index (Phi) is 2.47. The monoisotopic (exact) mass is 207 g/mol. The van der Waals surface area contributed by atoms with Gasteiger partial charge in [0.15, 0.2) is 0 Å². The zero-order chi connectivity index (χ0) is 9.97. The predicted molar refractivity (Wildman–Crippen MR) is 51.3 cm³/mol. The Balaban J connectivity index is 2.36. The molecule has 0 spiro atoms. The number of furan rings is 1. The molecule has 3 nitrogen and oxygen atoms in total. The molecule has 2 rings (SSSR count). The van der Waals surface area contributed by atoms with Crippen molar-refractivity contribution in [2.45, 2.75) is 4.90 Å². The van der Waals surface area contributed by atoms with Gasteiger partial charge in [0.1, 0.15) is 0 Å². The summed E-state index contributed by atoms with van der Waals surface area (Å²) in [7, 11) is 0. The van der Waals surface area contributed by atoms with Crippen LogP contribution in [0.25, 0.3) is 11.1 Å². The fourth-order valence-electron chi connectivity index (χ4n) is 1.19. The van der Waals surface area contributed by atoms with Gasteiger partial charge in [0.2, 0.25) is 0 Å². The van der Waals surface area contributed by atoms with E-state index in [4.69, 9.17) is 4.42 Å². The van der Waals surface area contributed by atoms with Gasteiger partial charge in [0, 0.05) is 10.5 Å². The van der Waals surface area contributed by atoms with E-state index in [9.17, 15) is 8.76 Å². The van der Waals surface area contributed by atoms with Crippen molar-refractivity contribution in [2.24, 2.45) is 0 Å². The average molecular weight is 207 g/mol. The van der Waals surface area contributed by atoms with Gasteiger partial charge in [0.05, 0.1) is 12.5 Å². The second-order valence-electron chi connectivity index (χ2n) is 2.77. The zero-order valence-electron chi connectivity index (χ0n) is 7.17. The molecule has 1 heterocycles. The number of hydrogen-bond acceptors (Lipinski definition) is 3. The van der Waals surface area contributed by atoms with Crippen LogP contribution in [-0.4, -0.2) is 8.76 Å². The molecule has 14 heavy (non-hydrogen) atoms. The minimum absolute atomic E-state index is 0.289. The van der Waals surface area contributed by atoms with E-state index in [0.29, 0.717) is 0 Å². The standard InChI is InChI=1S/C10H8O3S/c11-14(12)10-3-1-8(2-4-10)9-5-6-13-7-9/h1-7H,(H,11,12)/p-1. The van der Waals surface area contributed by atoms with Crippen LogP contribution in [0.3, 0.4) is 0 Å². The van der Waals surface area contributed by atoms with E-state index in [1.807, 2.05) is 6.07 Å². The molecule has 1 aromatic carbocycles. The van der Waals surface area contributed by atoms with E-state index in [-0.39, 0.29) is 4.90 Å². The van der Waals surface area contributed by atoms with Crippen LogP contribution >= 0.6 is 0 Å². The Hall–Kier alpha value is -1.39. The fourth-order valence-corrected chi connectivity index (χ4v) is 1.55. The Morgan fingerprint density at radius 3 is 2.29 bits per heavy atom. The molecule has 1 aromatic heterocycles. The first-order chi connectivity index (χ1) is 6.77. The molecule has 0 saturated carbocycles. The van der Waals surface area contributed by atoms with Crippen LogP contribution < -0.4 is 0 Å². The van der Waals surface area contributed by atoms with Gasteiger partial charge in [-0.2, -0.15) is 0 Å². The fraction of sp³-hybridized carbons (Fsp3) is 0. The second-order valence-corrected chi connectivity index (χ2v) is 3.71. The van der Waals surface area contributed by atoms with Crippen LogP contribution in [0.4, 0.5) is 0 Å². The molecule has 4 heteroatoms. The highest BCUT2D eigenvalue weighted by Gasteiger charge is 1.98. The van der Waals surface area contributed by atoms with Crippen molar-refractivity contribution in [3.63, 3.8) is 0 Å². The largest absolute Gasteiger partial charge is 0.768 e. The average Bonchev–Trinajstić information content (AvgIpc) is 2.71. The summed E-state index contributed by atoms with van der Waals surface area (Å²) < 4.78 is 26.1. The normalized spacial score (nSPS) is 12.6. The Morgan fingerprint density at radius 1 is 1.07 bits per heavy atom. The molecule has 0 saturated heterocycles. The van der Waals surface area contributed by atoms with Gasteiger partial charge in [-0.1, -0.05) is 12.1 Å². The third-order valence-corrected chi connectivity index (χ3v) is 2.56. The summed E-state index contributed by atoms with van der Waals surface area (Å²) >= 11 is -2.16. The Morgan fingerprint density at radius 2 is 1.79 bits per heavy atom. The van der Waals surface area contributed by atoms with Crippen LogP contribution in [0, 0.1) is 0 Å². The van der Waals surface area contributed by atoms with Gasteiger partial charge in [0.25, 0.3) is 0 Å². The molecular formula is C10H7O3S-. The van der Waals surface area contributed by atoms with Crippen molar-refractivity contribution in [1.82, 2.24) is 0 Å². The van der Waals surface area contributed by atoms with Crippen molar-refractivity contribution in [1.29, 1.82) is 0 Å². The highest BCUT2D eigenvalue weighted by molar-refractivity contribution is 7.79. The Bertz CT molecular complexity index is 431. The van der Waals surface area contributed by atoms with Crippen molar-refractivity contribution in [3.8, 4) is 11.1 Å². The van der Waals surface area contributed by atoms with Gasteiger partial charge in [-0.25, -0.2) is 0 Å². The van der Waals surface area contributed by atoms with Crippen LogP contribution in [-0.2, 0) is 11.1 Å². The lowest BCUT2D eigenvalue weighted by molar-refractivity contribution is 0.537. The van der Waals surface area contributed by atoms with E-state index < -0.39 is 11.1 Å². The Labute approximate surface area is 83.7 Å². The van der Waals surface area contributed by atoms with Crippen LogP contribution in [0.5, 0.6) is 0 Å². The molecular weight excluding hydrogens is 200 g/mol. The van der Waals surface area contributed by atoms with E-state index in [1.54, 1.807) is 36.8 Å². The highest BCUT2D eigenvalue weighted by atomic mass is 32.2. The first kappa shape index (κ1) is 9.18. The molecule has 1 unspecified atom stereocenters. The molecule has 1 atom stereocenters. The third kappa shape index (κ3) is 1.76. The maximum Gasteiger partial charge on any atom is 0.0980 e. The molecule has 0 N–H and O–H groups in total. The maximum atomic E-state index is 10.6. The second kappa shape index (κ2) is 3.77. The summed E-state index contributed by atoms with van der Waals surface area (Å²) in [4.78, 5) is 0.289. The maximum absolute atomic E-state index is 10.6. The zero-order valence-corrected chi connectivity index (χ0v) is 7.99. The smallest absolute Gasteiger partial charge is 0.0980 e. The minimum Gasteiger partial charge on any atom is -0.768 e. The van der Waals surface area contributed by atoms with Gasteiger partial charge < -0.3 is 8.97 Å². The number of rotatable bonds is 2. The van der Waals surface area contributed by atoms with Crippen molar-refractivity contribution >= 4 is 11.1 Å².